The molecule has 0 bridgehead atoms. The molecule has 1 aliphatic carbocycles. The van der Waals surface area contributed by atoms with E-state index >= 15 is 0 Å². The van der Waals surface area contributed by atoms with E-state index in [0.717, 1.165) is 31.7 Å². The van der Waals surface area contributed by atoms with E-state index < -0.39 is 23.9 Å². The van der Waals surface area contributed by atoms with Crippen LogP contribution in [-0.2, 0) is 11.2 Å². The van der Waals surface area contributed by atoms with Crippen LogP contribution in [0.15, 0.2) is 42.5 Å². The van der Waals surface area contributed by atoms with E-state index in [9.17, 15) is 18.0 Å². The molecular weight excluding hydrogens is 410 g/mol. The van der Waals surface area contributed by atoms with Gasteiger partial charge in [-0.25, -0.2) is 0 Å². The van der Waals surface area contributed by atoms with Crippen molar-refractivity contribution in [2.75, 3.05) is 5.32 Å². The molecule has 0 aromatic heterocycles. The lowest BCUT2D eigenvalue weighted by Crippen LogP contribution is -2.34. The summed E-state index contributed by atoms with van der Waals surface area (Å²) in [6, 6.07) is 10.9. The lowest BCUT2D eigenvalue weighted by Gasteiger charge is -2.26. The molecule has 2 aromatic rings. The van der Waals surface area contributed by atoms with Gasteiger partial charge in [0, 0.05) is 15.7 Å². The molecule has 150 valence electrons. The minimum Gasteiger partial charge on any atom is -0.326 e. The Morgan fingerprint density at radius 3 is 2.36 bits per heavy atom. The number of alkyl halides is 3. The van der Waals surface area contributed by atoms with Crippen molar-refractivity contribution >= 4 is 34.8 Å². The van der Waals surface area contributed by atoms with Crippen LogP contribution in [-0.4, -0.2) is 12.1 Å². The lowest BCUT2D eigenvalue weighted by molar-refractivity contribution is -0.178. The summed E-state index contributed by atoms with van der Waals surface area (Å²) in [5.41, 5.74) is 1.60. The molecule has 1 N–H and O–H groups in total. The van der Waals surface area contributed by atoms with Crippen molar-refractivity contribution in [2.24, 2.45) is 11.8 Å². The highest BCUT2D eigenvalue weighted by atomic mass is 35.5. The average molecular weight is 430 g/mol. The van der Waals surface area contributed by atoms with Gasteiger partial charge in [0.2, 0.25) is 5.91 Å². The fraction of sp³-hybridized carbons (Fsp3) is 0.381. The Kier molecular flexibility index (Phi) is 6.25. The van der Waals surface area contributed by atoms with Crippen molar-refractivity contribution in [3.63, 3.8) is 0 Å². The fourth-order valence-electron chi connectivity index (χ4n) is 3.19. The smallest absolute Gasteiger partial charge is 0.326 e. The molecule has 0 saturated heterocycles. The predicted octanol–water partition coefficient (Wildman–Crippen LogP) is 6.87. The van der Waals surface area contributed by atoms with E-state index in [-0.39, 0.29) is 5.56 Å². The zero-order valence-corrected chi connectivity index (χ0v) is 16.7. The Morgan fingerprint density at radius 1 is 1.14 bits per heavy atom. The molecule has 7 heteroatoms. The van der Waals surface area contributed by atoms with Gasteiger partial charge in [0.25, 0.3) is 0 Å². The number of carbonyl (C=O) groups excluding carboxylic acids is 1. The van der Waals surface area contributed by atoms with E-state index in [2.05, 4.69) is 5.32 Å². The van der Waals surface area contributed by atoms with Gasteiger partial charge in [-0.1, -0.05) is 42.3 Å². The Morgan fingerprint density at radius 2 is 1.79 bits per heavy atom. The van der Waals surface area contributed by atoms with E-state index in [1.54, 1.807) is 18.2 Å². The van der Waals surface area contributed by atoms with Crippen LogP contribution in [0.1, 0.15) is 36.8 Å². The first-order chi connectivity index (χ1) is 13.1. The molecule has 2 nitrogen and oxygen atoms in total. The quantitative estimate of drug-likeness (QED) is 0.533. The van der Waals surface area contributed by atoms with Crippen LogP contribution in [0.25, 0.3) is 0 Å². The van der Waals surface area contributed by atoms with Crippen molar-refractivity contribution in [2.45, 2.75) is 38.3 Å². The summed E-state index contributed by atoms with van der Waals surface area (Å²) in [4.78, 5) is 12.8. The molecule has 2 atom stereocenters. The summed E-state index contributed by atoms with van der Waals surface area (Å²) in [6.07, 6.45) is -1.41. The molecular formula is C21H20Cl2F3NO. The molecule has 0 aliphatic heterocycles. The first kappa shape index (κ1) is 21.0. The second kappa shape index (κ2) is 8.34. The highest BCUT2D eigenvalue weighted by Crippen LogP contribution is 2.39. The van der Waals surface area contributed by atoms with Gasteiger partial charge in [-0.15, -0.1) is 0 Å². The number of carbonyl (C=O) groups is 1. The normalized spacial score (nSPS) is 16.5. The highest BCUT2D eigenvalue weighted by Gasteiger charge is 2.45. The van der Waals surface area contributed by atoms with E-state index in [4.69, 9.17) is 23.2 Å². The number of amides is 1. The minimum absolute atomic E-state index is 0.263. The first-order valence-electron chi connectivity index (χ1n) is 9.06. The largest absolute Gasteiger partial charge is 0.392 e. The summed E-state index contributed by atoms with van der Waals surface area (Å²) in [6.45, 7) is 1.01. The maximum Gasteiger partial charge on any atom is 0.392 e. The van der Waals surface area contributed by atoms with Crippen molar-refractivity contribution in [1.29, 1.82) is 0 Å². The van der Waals surface area contributed by atoms with Crippen molar-refractivity contribution in [1.82, 2.24) is 0 Å². The van der Waals surface area contributed by atoms with Crippen LogP contribution in [0.2, 0.25) is 10.0 Å². The minimum atomic E-state index is -4.52. The van der Waals surface area contributed by atoms with Gasteiger partial charge in [-0.3, -0.25) is 4.79 Å². The standard InChI is InChI=1S/C21H20Cl2F3NO/c1-12(21(24,25)26)19(14-4-6-16(22)7-5-14)20(28)27-17-8-9-18(23)15(11-17)10-13-2-3-13/h4-9,11-13,19H,2-3,10H2,1H3,(H,27,28)/t12-,19+/m1/s1. The summed E-state index contributed by atoms with van der Waals surface area (Å²) in [7, 11) is 0. The number of hydrogen-bond donors (Lipinski definition) is 1. The molecule has 0 heterocycles. The Hall–Kier alpha value is -1.72. The van der Waals surface area contributed by atoms with E-state index in [0.29, 0.717) is 21.7 Å². The van der Waals surface area contributed by atoms with E-state index in [1.165, 1.54) is 24.3 Å². The van der Waals surface area contributed by atoms with E-state index in [1.807, 2.05) is 0 Å². The third-order valence-corrected chi connectivity index (χ3v) is 5.67. The SMILES string of the molecule is C[C@H]([C@H](C(=O)Nc1ccc(Cl)c(CC2CC2)c1)c1ccc(Cl)cc1)C(F)(F)F. The van der Waals surface area contributed by atoms with Crippen LogP contribution in [0.4, 0.5) is 18.9 Å². The lowest BCUT2D eigenvalue weighted by atomic mass is 9.86. The van der Waals surface area contributed by atoms with Crippen LogP contribution in [0.3, 0.4) is 0 Å². The van der Waals surface area contributed by atoms with Gasteiger partial charge < -0.3 is 5.32 Å². The molecule has 28 heavy (non-hydrogen) atoms. The second-order valence-electron chi connectivity index (χ2n) is 7.30. The molecule has 0 unspecified atom stereocenters. The summed E-state index contributed by atoms with van der Waals surface area (Å²) >= 11 is 12.1. The van der Waals surface area contributed by atoms with Gasteiger partial charge in [0.15, 0.2) is 0 Å². The highest BCUT2D eigenvalue weighted by molar-refractivity contribution is 6.31. The van der Waals surface area contributed by atoms with Crippen LogP contribution in [0.5, 0.6) is 0 Å². The van der Waals surface area contributed by atoms with Crippen molar-refractivity contribution in [3.8, 4) is 0 Å². The number of rotatable bonds is 6. The monoisotopic (exact) mass is 429 g/mol. The Balaban J connectivity index is 1.85. The Bertz CT molecular complexity index is 848. The van der Waals surface area contributed by atoms with Crippen LogP contribution >= 0.6 is 23.2 Å². The number of hydrogen-bond acceptors (Lipinski definition) is 1. The molecule has 3 rings (SSSR count). The van der Waals surface area contributed by atoms with Gasteiger partial charge in [-0.2, -0.15) is 13.2 Å². The summed E-state index contributed by atoms with van der Waals surface area (Å²) < 4.78 is 40.2. The molecule has 0 radical (unpaired) electrons. The maximum atomic E-state index is 13.4. The average Bonchev–Trinajstić information content (AvgIpc) is 3.43. The van der Waals surface area contributed by atoms with Gasteiger partial charge >= 0.3 is 6.18 Å². The topological polar surface area (TPSA) is 29.1 Å². The maximum absolute atomic E-state index is 13.4. The third-order valence-electron chi connectivity index (χ3n) is 5.05. The second-order valence-corrected chi connectivity index (χ2v) is 8.15. The summed E-state index contributed by atoms with van der Waals surface area (Å²) in [5, 5.41) is 3.63. The van der Waals surface area contributed by atoms with Crippen LogP contribution in [0, 0.1) is 11.8 Å². The van der Waals surface area contributed by atoms with Crippen LogP contribution < -0.4 is 5.32 Å². The number of benzene rings is 2. The molecule has 2 aromatic carbocycles. The fourth-order valence-corrected chi connectivity index (χ4v) is 3.51. The molecule has 1 fully saturated rings. The number of halogens is 5. The summed E-state index contributed by atoms with van der Waals surface area (Å²) in [5.74, 6) is -3.37. The predicted molar refractivity (Wildman–Crippen MR) is 106 cm³/mol. The zero-order valence-electron chi connectivity index (χ0n) is 15.2. The zero-order chi connectivity index (χ0) is 20.5. The van der Waals surface area contributed by atoms with Gasteiger partial charge in [0.1, 0.15) is 0 Å². The molecule has 0 spiro atoms. The Labute approximate surface area is 172 Å². The van der Waals surface area contributed by atoms with Gasteiger partial charge in [0.05, 0.1) is 11.8 Å². The first-order valence-corrected chi connectivity index (χ1v) is 9.82. The molecule has 1 aliphatic rings. The molecule has 1 amide bonds. The third kappa shape index (κ3) is 5.21. The van der Waals surface area contributed by atoms with Crippen molar-refractivity contribution < 1.29 is 18.0 Å². The number of anilines is 1. The number of nitrogens with one attached hydrogen (secondary N) is 1. The van der Waals surface area contributed by atoms with Gasteiger partial charge in [-0.05, 0) is 66.6 Å². The van der Waals surface area contributed by atoms with Crippen molar-refractivity contribution in [3.05, 3.63) is 63.6 Å². The molecule has 1 saturated carbocycles.